The van der Waals surface area contributed by atoms with Crippen molar-refractivity contribution in [2.75, 3.05) is 26.7 Å². The summed E-state index contributed by atoms with van der Waals surface area (Å²) in [5, 5.41) is 16.9. The van der Waals surface area contributed by atoms with Crippen molar-refractivity contribution in [1.82, 2.24) is 26.6 Å². The van der Waals surface area contributed by atoms with Crippen molar-refractivity contribution in [2.24, 2.45) is 11.8 Å². The van der Waals surface area contributed by atoms with Crippen molar-refractivity contribution in [3.8, 4) is 0 Å². The number of ether oxygens (including phenoxy) is 1. The fourth-order valence-corrected chi connectivity index (χ4v) is 5.68. The fourth-order valence-electron chi connectivity index (χ4n) is 5.41. The van der Waals surface area contributed by atoms with Crippen LogP contribution < -0.4 is 26.6 Å². The molecule has 8 heteroatoms. The molecule has 4 rings (SSSR count). The summed E-state index contributed by atoms with van der Waals surface area (Å²) in [6.45, 7) is 4.65. The standard InChI is InChI=1S/C20H35ClFN5O/c1-11-16(21)19(23-2)27-20(25-11)26-14-10-13-6-9-28-18(13)15(17(14)22)12-4-3-7-24-8-5-12/h5,11,13-20,23-27H,3-4,6-10H2,1-2H3. The van der Waals surface area contributed by atoms with E-state index in [-0.39, 0.29) is 41.9 Å². The highest BCUT2D eigenvalue weighted by Gasteiger charge is 2.50. The molecule has 0 radical (unpaired) electrons. The summed E-state index contributed by atoms with van der Waals surface area (Å²) in [5.41, 5.74) is 1.24. The average molecular weight is 416 g/mol. The van der Waals surface area contributed by atoms with Gasteiger partial charge in [0.2, 0.25) is 0 Å². The fraction of sp³-hybridized carbons (Fsp3) is 0.900. The van der Waals surface area contributed by atoms with Crippen molar-refractivity contribution in [3.05, 3.63) is 11.6 Å². The van der Waals surface area contributed by atoms with E-state index >= 15 is 4.39 Å². The van der Waals surface area contributed by atoms with E-state index in [0.717, 1.165) is 45.4 Å². The molecule has 28 heavy (non-hydrogen) atoms. The predicted molar refractivity (Wildman–Crippen MR) is 110 cm³/mol. The van der Waals surface area contributed by atoms with Gasteiger partial charge in [-0.1, -0.05) is 11.6 Å². The average Bonchev–Trinajstić information content (AvgIpc) is 2.97. The Morgan fingerprint density at radius 1 is 1.32 bits per heavy atom. The van der Waals surface area contributed by atoms with E-state index in [0.29, 0.717) is 5.92 Å². The topological polar surface area (TPSA) is 69.4 Å². The monoisotopic (exact) mass is 415 g/mol. The smallest absolute Gasteiger partial charge is 0.124 e. The molecular formula is C20H35ClFN5O. The molecule has 0 amide bonds. The first-order chi connectivity index (χ1) is 13.6. The molecule has 1 saturated carbocycles. The van der Waals surface area contributed by atoms with Crippen LogP contribution in [0.15, 0.2) is 11.6 Å². The van der Waals surface area contributed by atoms with Gasteiger partial charge >= 0.3 is 0 Å². The Kier molecular flexibility index (Phi) is 6.93. The Bertz CT molecular complexity index is 567. The van der Waals surface area contributed by atoms with Gasteiger partial charge in [0.25, 0.3) is 0 Å². The molecule has 160 valence electrons. The molecule has 9 atom stereocenters. The number of rotatable bonds is 4. The SMILES string of the molecule is CNC1NC(NC2CC3CCOC3C(C3=CCNCCC3)C2F)NC(C)C1Cl. The van der Waals surface area contributed by atoms with Gasteiger partial charge in [0, 0.05) is 31.2 Å². The van der Waals surface area contributed by atoms with Gasteiger partial charge in [-0.2, -0.15) is 0 Å². The molecule has 0 aromatic heterocycles. The lowest BCUT2D eigenvalue weighted by molar-refractivity contribution is -0.0261. The van der Waals surface area contributed by atoms with Crippen LogP contribution in [0.1, 0.15) is 32.6 Å². The molecule has 6 nitrogen and oxygen atoms in total. The van der Waals surface area contributed by atoms with Crippen LogP contribution >= 0.6 is 11.6 Å². The van der Waals surface area contributed by atoms with E-state index in [2.05, 4.69) is 39.6 Å². The Morgan fingerprint density at radius 3 is 3.00 bits per heavy atom. The number of nitrogens with one attached hydrogen (secondary N) is 5. The van der Waals surface area contributed by atoms with Crippen molar-refractivity contribution in [1.29, 1.82) is 0 Å². The summed E-state index contributed by atoms with van der Waals surface area (Å²) in [6.07, 6.45) is 4.96. The van der Waals surface area contributed by atoms with Crippen molar-refractivity contribution in [3.63, 3.8) is 0 Å². The number of fused-ring (bicyclic) bond motifs is 1. The Balaban J connectivity index is 1.49. The lowest BCUT2D eigenvalue weighted by Gasteiger charge is -2.46. The van der Waals surface area contributed by atoms with Gasteiger partial charge in [0.15, 0.2) is 0 Å². The number of halogens is 2. The molecule has 3 heterocycles. The minimum absolute atomic E-state index is 0.0222. The highest BCUT2D eigenvalue weighted by atomic mass is 35.5. The van der Waals surface area contributed by atoms with E-state index in [9.17, 15) is 0 Å². The zero-order chi connectivity index (χ0) is 19.7. The quantitative estimate of drug-likeness (QED) is 0.349. The molecule has 0 aromatic rings. The Morgan fingerprint density at radius 2 is 2.18 bits per heavy atom. The second kappa shape index (κ2) is 9.25. The lowest BCUT2D eigenvalue weighted by atomic mass is 9.71. The summed E-state index contributed by atoms with van der Waals surface area (Å²) < 4.78 is 21.9. The molecular weight excluding hydrogens is 381 g/mol. The molecule has 0 bridgehead atoms. The van der Waals surface area contributed by atoms with Gasteiger partial charge in [0.1, 0.15) is 12.5 Å². The van der Waals surface area contributed by atoms with Gasteiger partial charge in [-0.15, -0.1) is 11.6 Å². The third-order valence-electron chi connectivity index (χ3n) is 6.92. The highest BCUT2D eigenvalue weighted by Crippen LogP contribution is 2.44. The van der Waals surface area contributed by atoms with E-state index in [4.69, 9.17) is 16.3 Å². The van der Waals surface area contributed by atoms with Crippen LogP contribution in [0.25, 0.3) is 0 Å². The summed E-state index contributed by atoms with van der Waals surface area (Å²) in [5.74, 6) is 0.286. The molecule has 9 unspecified atom stereocenters. The number of hydrogen-bond donors (Lipinski definition) is 5. The van der Waals surface area contributed by atoms with Crippen LogP contribution in [0, 0.1) is 11.8 Å². The molecule has 0 aromatic carbocycles. The highest BCUT2D eigenvalue weighted by molar-refractivity contribution is 6.21. The normalized spacial score (nSPS) is 47.3. The molecule has 4 aliphatic rings. The van der Waals surface area contributed by atoms with Crippen LogP contribution in [0.2, 0.25) is 0 Å². The Labute approximate surface area is 172 Å². The third kappa shape index (κ3) is 4.26. The predicted octanol–water partition coefficient (Wildman–Crippen LogP) is 1.04. The minimum atomic E-state index is -0.954. The first kappa shape index (κ1) is 21.0. The molecule has 2 saturated heterocycles. The van der Waals surface area contributed by atoms with Gasteiger partial charge in [-0.25, -0.2) is 4.39 Å². The van der Waals surface area contributed by atoms with Crippen LogP contribution in [0.4, 0.5) is 4.39 Å². The summed E-state index contributed by atoms with van der Waals surface area (Å²) in [7, 11) is 1.89. The Hall–Kier alpha value is -0.280. The van der Waals surface area contributed by atoms with Crippen LogP contribution in [0.5, 0.6) is 0 Å². The van der Waals surface area contributed by atoms with Gasteiger partial charge in [0.05, 0.1) is 17.6 Å². The number of alkyl halides is 2. The molecule has 0 spiro atoms. The third-order valence-corrected chi connectivity index (χ3v) is 7.55. The maximum atomic E-state index is 15.9. The molecule has 5 N–H and O–H groups in total. The maximum absolute atomic E-state index is 15.9. The zero-order valence-corrected chi connectivity index (χ0v) is 17.6. The second-order valence-corrected chi connectivity index (χ2v) is 9.22. The lowest BCUT2D eigenvalue weighted by Crippen LogP contribution is -2.73. The zero-order valence-electron chi connectivity index (χ0n) is 16.9. The van der Waals surface area contributed by atoms with Crippen LogP contribution in [-0.2, 0) is 4.74 Å². The number of hydrogen-bond acceptors (Lipinski definition) is 6. The van der Waals surface area contributed by atoms with Gasteiger partial charge < -0.3 is 15.4 Å². The largest absolute Gasteiger partial charge is 0.377 e. The molecule has 3 fully saturated rings. The summed E-state index contributed by atoms with van der Waals surface area (Å²) >= 11 is 6.46. The van der Waals surface area contributed by atoms with E-state index in [1.54, 1.807) is 0 Å². The summed E-state index contributed by atoms with van der Waals surface area (Å²) in [4.78, 5) is 0. The maximum Gasteiger partial charge on any atom is 0.124 e. The molecule has 1 aliphatic carbocycles. The van der Waals surface area contributed by atoms with Crippen LogP contribution in [0.3, 0.4) is 0 Å². The van der Waals surface area contributed by atoms with Gasteiger partial charge in [-0.3, -0.25) is 16.0 Å². The van der Waals surface area contributed by atoms with Crippen LogP contribution in [-0.4, -0.2) is 68.9 Å². The van der Waals surface area contributed by atoms with Crippen molar-refractivity contribution in [2.45, 2.75) is 74.8 Å². The van der Waals surface area contributed by atoms with E-state index < -0.39 is 6.17 Å². The second-order valence-electron chi connectivity index (χ2n) is 8.72. The van der Waals surface area contributed by atoms with Crippen molar-refractivity contribution >= 4 is 11.6 Å². The molecule has 3 aliphatic heterocycles. The van der Waals surface area contributed by atoms with Crippen molar-refractivity contribution < 1.29 is 9.13 Å². The minimum Gasteiger partial charge on any atom is -0.377 e. The first-order valence-corrected chi connectivity index (χ1v) is 11.3. The first-order valence-electron chi connectivity index (χ1n) is 10.8. The van der Waals surface area contributed by atoms with E-state index in [1.165, 1.54) is 5.57 Å². The van der Waals surface area contributed by atoms with E-state index in [1.807, 2.05) is 7.05 Å². The summed E-state index contributed by atoms with van der Waals surface area (Å²) in [6, 6.07) is -0.0832. The van der Waals surface area contributed by atoms with Gasteiger partial charge in [-0.05, 0) is 52.1 Å².